The second kappa shape index (κ2) is 5.54. The van der Waals surface area contributed by atoms with Crippen molar-refractivity contribution in [1.29, 1.82) is 0 Å². The predicted octanol–water partition coefficient (Wildman–Crippen LogP) is 2.12. The Morgan fingerprint density at radius 1 is 1.58 bits per heavy atom. The number of aromatic nitrogens is 1. The highest BCUT2D eigenvalue weighted by Gasteiger charge is 2.35. The van der Waals surface area contributed by atoms with E-state index < -0.39 is 40.8 Å². The minimum absolute atomic E-state index is 0.313. The van der Waals surface area contributed by atoms with Crippen LogP contribution in [0.4, 0.5) is 19.0 Å². The minimum Gasteiger partial charge on any atom is -0.481 e. The summed E-state index contributed by atoms with van der Waals surface area (Å²) < 4.78 is 39.6. The van der Waals surface area contributed by atoms with Crippen LogP contribution in [0, 0.1) is 13.7 Å². The van der Waals surface area contributed by atoms with Crippen LogP contribution in [0.2, 0.25) is 0 Å². The van der Waals surface area contributed by atoms with Gasteiger partial charge in [-0.3, -0.25) is 4.79 Å². The van der Waals surface area contributed by atoms with E-state index in [4.69, 9.17) is 5.11 Å². The number of carbonyl (C=O) groups is 1. The fourth-order valence-corrected chi connectivity index (χ4v) is 1.95. The molecule has 1 aromatic heterocycles. The van der Waals surface area contributed by atoms with Gasteiger partial charge in [0.05, 0.1) is 6.42 Å². The summed E-state index contributed by atoms with van der Waals surface area (Å²) in [5.74, 6) is -3.05. The standard InChI is InChI=1S/C8H4F3IN2O5/c9-8(10,11)19-4-2-13-7(14(17)18)6(12)3(4)1-5(15)16/h2H,1H2,(H,15,16). The van der Waals surface area contributed by atoms with Crippen LogP contribution >= 0.6 is 22.6 Å². The van der Waals surface area contributed by atoms with Crippen molar-refractivity contribution in [3.63, 3.8) is 0 Å². The number of hydrogen-bond donors (Lipinski definition) is 1. The molecular formula is C8H4F3IN2O5. The van der Waals surface area contributed by atoms with Crippen molar-refractivity contribution in [2.24, 2.45) is 0 Å². The van der Waals surface area contributed by atoms with Crippen molar-refractivity contribution >= 4 is 34.4 Å². The van der Waals surface area contributed by atoms with Crippen LogP contribution < -0.4 is 4.74 Å². The smallest absolute Gasteiger partial charge is 0.481 e. The molecule has 104 valence electrons. The summed E-state index contributed by atoms with van der Waals surface area (Å²) in [5.41, 5.74) is -0.452. The first-order valence-corrected chi connectivity index (χ1v) is 5.49. The maximum absolute atomic E-state index is 12.1. The largest absolute Gasteiger partial charge is 0.573 e. The molecule has 0 saturated heterocycles. The molecule has 0 fully saturated rings. The normalized spacial score (nSPS) is 11.2. The zero-order chi connectivity index (χ0) is 14.8. The Labute approximate surface area is 116 Å². The van der Waals surface area contributed by atoms with Gasteiger partial charge in [0.2, 0.25) is 0 Å². The topological polar surface area (TPSA) is 103 Å². The fraction of sp³-hybridized carbons (Fsp3) is 0.250. The van der Waals surface area contributed by atoms with Gasteiger partial charge in [0.25, 0.3) is 0 Å². The molecule has 0 radical (unpaired) electrons. The van der Waals surface area contributed by atoms with Gasteiger partial charge in [0.15, 0.2) is 11.9 Å². The molecule has 0 atom stereocenters. The first-order valence-electron chi connectivity index (χ1n) is 4.41. The molecule has 0 spiro atoms. The number of ether oxygens (including phenoxy) is 1. The van der Waals surface area contributed by atoms with Crippen LogP contribution in [-0.4, -0.2) is 27.3 Å². The van der Waals surface area contributed by atoms with Crippen LogP contribution in [-0.2, 0) is 11.2 Å². The van der Waals surface area contributed by atoms with Gasteiger partial charge in [-0.2, -0.15) is 0 Å². The molecule has 0 saturated carbocycles. The van der Waals surface area contributed by atoms with Gasteiger partial charge in [-0.25, -0.2) is 0 Å². The zero-order valence-corrected chi connectivity index (χ0v) is 10.9. The second-order valence-corrected chi connectivity index (χ2v) is 4.19. The first kappa shape index (κ1) is 15.4. The number of carboxylic acids is 1. The summed E-state index contributed by atoms with van der Waals surface area (Å²) in [7, 11) is 0. The molecule has 0 bridgehead atoms. The Kier molecular flexibility index (Phi) is 4.49. The molecule has 1 heterocycles. The van der Waals surface area contributed by atoms with Crippen molar-refractivity contribution in [1.82, 2.24) is 4.98 Å². The predicted molar refractivity (Wildman–Crippen MR) is 61.6 cm³/mol. The Bertz CT molecular complexity index is 534. The molecule has 19 heavy (non-hydrogen) atoms. The van der Waals surface area contributed by atoms with E-state index in [1.165, 1.54) is 22.6 Å². The first-order chi connectivity index (χ1) is 8.61. The lowest BCUT2D eigenvalue weighted by molar-refractivity contribution is -0.390. The molecule has 11 heteroatoms. The van der Waals surface area contributed by atoms with Crippen molar-refractivity contribution in [3.8, 4) is 5.75 Å². The Balaban J connectivity index is 3.35. The lowest BCUT2D eigenvalue weighted by atomic mass is 10.2. The number of pyridine rings is 1. The summed E-state index contributed by atoms with van der Waals surface area (Å²) in [6.45, 7) is 0. The molecule has 7 nitrogen and oxygen atoms in total. The molecule has 0 unspecified atom stereocenters. The molecule has 0 aliphatic rings. The summed E-state index contributed by atoms with van der Waals surface area (Å²) >= 11 is 1.35. The van der Waals surface area contributed by atoms with Crippen LogP contribution in [0.1, 0.15) is 5.56 Å². The van der Waals surface area contributed by atoms with Crippen molar-refractivity contribution in [2.75, 3.05) is 0 Å². The second-order valence-electron chi connectivity index (χ2n) is 3.11. The number of nitro groups is 1. The van der Waals surface area contributed by atoms with E-state index in [9.17, 15) is 28.1 Å². The minimum atomic E-state index is -5.05. The number of carboxylic acid groups (broad SMARTS) is 1. The number of nitrogens with zero attached hydrogens (tertiary/aromatic N) is 2. The number of aliphatic carboxylic acids is 1. The summed E-state index contributed by atoms with van der Waals surface area (Å²) in [6, 6.07) is 0. The molecule has 0 aromatic carbocycles. The Hall–Kier alpha value is -1.66. The maximum atomic E-state index is 12.1. The third-order valence-electron chi connectivity index (χ3n) is 1.79. The number of alkyl halides is 3. The van der Waals surface area contributed by atoms with Crippen molar-refractivity contribution in [3.05, 3.63) is 25.4 Å². The third-order valence-corrected chi connectivity index (χ3v) is 2.92. The van der Waals surface area contributed by atoms with Gasteiger partial charge in [-0.1, -0.05) is 0 Å². The van der Waals surface area contributed by atoms with Gasteiger partial charge in [0.1, 0.15) is 3.57 Å². The van der Waals surface area contributed by atoms with E-state index in [2.05, 4.69) is 9.72 Å². The lowest BCUT2D eigenvalue weighted by Crippen LogP contribution is -2.20. The molecule has 1 aromatic rings. The number of halogens is 4. The Morgan fingerprint density at radius 3 is 2.58 bits per heavy atom. The highest BCUT2D eigenvalue weighted by molar-refractivity contribution is 14.1. The van der Waals surface area contributed by atoms with Crippen LogP contribution in [0.15, 0.2) is 6.20 Å². The van der Waals surface area contributed by atoms with E-state index in [-0.39, 0.29) is 3.57 Å². The van der Waals surface area contributed by atoms with Gasteiger partial charge in [0, 0.05) is 5.56 Å². The van der Waals surface area contributed by atoms with Gasteiger partial charge in [-0.15, -0.1) is 13.2 Å². The lowest BCUT2D eigenvalue weighted by Gasteiger charge is -2.12. The molecule has 0 aliphatic heterocycles. The number of rotatable bonds is 4. The van der Waals surface area contributed by atoms with E-state index in [0.29, 0.717) is 6.20 Å². The van der Waals surface area contributed by atoms with Gasteiger partial charge in [-0.05, 0) is 32.5 Å². The summed E-state index contributed by atoms with van der Waals surface area (Å²) in [4.78, 5) is 23.5. The SMILES string of the molecule is O=C(O)Cc1c(OC(F)(F)F)cnc([N+](=O)[O-])c1I. The van der Waals surface area contributed by atoms with Crippen molar-refractivity contribution < 1.29 is 32.7 Å². The molecular weight excluding hydrogens is 388 g/mol. The third kappa shape index (κ3) is 4.18. The average Bonchev–Trinajstić information content (AvgIpc) is 2.20. The monoisotopic (exact) mass is 392 g/mol. The summed E-state index contributed by atoms with van der Waals surface area (Å²) in [6.07, 6.45) is -5.42. The molecule has 0 amide bonds. The highest BCUT2D eigenvalue weighted by Crippen LogP contribution is 2.33. The highest BCUT2D eigenvalue weighted by atomic mass is 127. The average molecular weight is 392 g/mol. The van der Waals surface area contributed by atoms with Crippen molar-refractivity contribution in [2.45, 2.75) is 12.8 Å². The van der Waals surface area contributed by atoms with E-state index in [1.54, 1.807) is 0 Å². The Morgan fingerprint density at radius 2 is 2.16 bits per heavy atom. The zero-order valence-electron chi connectivity index (χ0n) is 8.77. The molecule has 0 aliphatic carbocycles. The van der Waals surface area contributed by atoms with Crippen LogP contribution in [0.25, 0.3) is 0 Å². The van der Waals surface area contributed by atoms with Crippen LogP contribution in [0.3, 0.4) is 0 Å². The van der Waals surface area contributed by atoms with E-state index in [0.717, 1.165) is 0 Å². The fourth-order valence-electron chi connectivity index (χ4n) is 1.15. The van der Waals surface area contributed by atoms with E-state index in [1.807, 2.05) is 0 Å². The quantitative estimate of drug-likeness (QED) is 0.479. The maximum Gasteiger partial charge on any atom is 0.573 e. The summed E-state index contributed by atoms with van der Waals surface area (Å²) in [5, 5.41) is 19.2. The van der Waals surface area contributed by atoms with E-state index >= 15 is 0 Å². The van der Waals surface area contributed by atoms with Gasteiger partial charge < -0.3 is 20.0 Å². The van der Waals surface area contributed by atoms with Crippen LogP contribution in [0.5, 0.6) is 5.75 Å². The molecule has 1 rings (SSSR count). The number of hydrogen-bond acceptors (Lipinski definition) is 5. The van der Waals surface area contributed by atoms with Gasteiger partial charge >= 0.3 is 18.1 Å². The molecule has 1 N–H and O–H groups in total.